The predicted molar refractivity (Wildman–Crippen MR) is 129 cm³/mol. The van der Waals surface area contributed by atoms with Crippen LogP contribution in [0.1, 0.15) is 5.56 Å². The van der Waals surface area contributed by atoms with Gasteiger partial charge in [-0.15, -0.1) is 11.3 Å². The van der Waals surface area contributed by atoms with Crippen molar-refractivity contribution in [3.63, 3.8) is 0 Å². The van der Waals surface area contributed by atoms with Crippen LogP contribution < -0.4 is 15.0 Å². The number of hydrogen-bond acceptors (Lipinski definition) is 5. The molecule has 0 fully saturated rings. The van der Waals surface area contributed by atoms with Gasteiger partial charge in [0.2, 0.25) is 5.91 Å². The van der Waals surface area contributed by atoms with E-state index in [0.29, 0.717) is 18.0 Å². The number of thiazole rings is 1. The summed E-state index contributed by atoms with van der Waals surface area (Å²) in [5.41, 5.74) is 4.31. The van der Waals surface area contributed by atoms with Gasteiger partial charge in [0.15, 0.2) is 6.61 Å². The summed E-state index contributed by atoms with van der Waals surface area (Å²) in [6, 6.07) is 25.3. The zero-order valence-electron chi connectivity index (χ0n) is 17.7. The van der Waals surface area contributed by atoms with Gasteiger partial charge in [-0.25, -0.2) is 4.98 Å². The molecule has 6 nitrogen and oxygen atoms in total. The smallest absolute Gasteiger partial charge is 0.265 e. The molecule has 2 amide bonds. The minimum absolute atomic E-state index is 0.0716. The van der Waals surface area contributed by atoms with Crippen molar-refractivity contribution in [2.75, 3.05) is 18.1 Å². The van der Waals surface area contributed by atoms with Crippen LogP contribution in [0.2, 0.25) is 0 Å². The molecule has 0 saturated carbocycles. The number of benzene rings is 3. The van der Waals surface area contributed by atoms with E-state index in [-0.39, 0.29) is 25.0 Å². The maximum atomic E-state index is 12.6. The fraction of sp³-hybridized carbons (Fsp3) is 0.115. The first-order valence-corrected chi connectivity index (χ1v) is 11.4. The van der Waals surface area contributed by atoms with Gasteiger partial charge in [0.05, 0.1) is 11.4 Å². The highest BCUT2D eigenvalue weighted by atomic mass is 32.1. The second-order valence-electron chi connectivity index (χ2n) is 7.62. The molecule has 0 bridgehead atoms. The molecular formula is C26H21N3O3S. The summed E-state index contributed by atoms with van der Waals surface area (Å²) in [4.78, 5) is 31.5. The van der Waals surface area contributed by atoms with E-state index >= 15 is 0 Å². The number of nitrogens with zero attached hydrogens (tertiary/aromatic N) is 2. The van der Waals surface area contributed by atoms with Crippen molar-refractivity contribution >= 4 is 28.8 Å². The van der Waals surface area contributed by atoms with Gasteiger partial charge in [0.1, 0.15) is 17.3 Å². The van der Waals surface area contributed by atoms with Crippen molar-refractivity contribution in [2.24, 2.45) is 0 Å². The molecule has 2 heterocycles. The third-order valence-corrected chi connectivity index (χ3v) is 6.25. The lowest BCUT2D eigenvalue weighted by Crippen LogP contribution is -2.45. The van der Waals surface area contributed by atoms with E-state index in [1.54, 1.807) is 11.3 Å². The van der Waals surface area contributed by atoms with E-state index in [4.69, 9.17) is 9.72 Å². The molecule has 0 aliphatic carbocycles. The van der Waals surface area contributed by atoms with Crippen molar-refractivity contribution in [2.45, 2.75) is 6.54 Å². The molecule has 3 aromatic carbocycles. The number of carbonyl (C=O) groups excluding carboxylic acids is 2. The molecule has 0 radical (unpaired) electrons. The number of hydrogen-bond donors (Lipinski definition) is 1. The Kier molecular flexibility index (Phi) is 5.87. The number of aromatic nitrogens is 1. The minimum Gasteiger partial charge on any atom is -0.482 e. The van der Waals surface area contributed by atoms with Crippen molar-refractivity contribution in [1.29, 1.82) is 0 Å². The third-order valence-electron chi connectivity index (χ3n) is 5.36. The molecule has 164 valence electrons. The zero-order chi connectivity index (χ0) is 22.6. The highest BCUT2D eigenvalue weighted by Gasteiger charge is 2.28. The van der Waals surface area contributed by atoms with Gasteiger partial charge in [-0.3, -0.25) is 14.5 Å². The van der Waals surface area contributed by atoms with Crippen molar-refractivity contribution < 1.29 is 14.3 Å². The Morgan fingerprint density at radius 1 is 1.00 bits per heavy atom. The minimum atomic E-state index is -0.252. The molecule has 4 aromatic rings. The van der Waals surface area contributed by atoms with Gasteiger partial charge in [-0.1, -0.05) is 60.7 Å². The standard InChI is InChI=1S/C26H21N3O3S/c30-24(27-14-18-7-3-1-4-8-18)15-29-22-13-20(11-12-23(22)32-16-25(29)31)21-17-33-26(28-21)19-9-5-2-6-10-19/h1-13,17H,14-16H2,(H,27,30). The van der Waals surface area contributed by atoms with Crippen molar-refractivity contribution in [3.05, 3.63) is 89.8 Å². The van der Waals surface area contributed by atoms with Crippen LogP contribution in [0.15, 0.2) is 84.2 Å². The summed E-state index contributed by atoms with van der Waals surface area (Å²) in [6.45, 7) is 0.247. The molecule has 1 aliphatic rings. The van der Waals surface area contributed by atoms with E-state index in [0.717, 1.165) is 27.4 Å². The largest absolute Gasteiger partial charge is 0.482 e. The molecule has 1 aromatic heterocycles. The molecule has 0 unspecified atom stereocenters. The maximum absolute atomic E-state index is 12.6. The summed E-state index contributed by atoms with van der Waals surface area (Å²) in [6.07, 6.45) is 0. The number of nitrogens with one attached hydrogen (secondary N) is 1. The van der Waals surface area contributed by atoms with Gasteiger partial charge in [0, 0.05) is 23.1 Å². The first kappa shape index (κ1) is 20.9. The van der Waals surface area contributed by atoms with E-state index in [1.807, 2.05) is 84.2 Å². The Bertz CT molecular complexity index is 1290. The summed E-state index contributed by atoms with van der Waals surface area (Å²) in [7, 11) is 0. The fourth-order valence-corrected chi connectivity index (χ4v) is 4.49. The molecular weight excluding hydrogens is 434 g/mol. The van der Waals surface area contributed by atoms with Crippen LogP contribution in [-0.2, 0) is 16.1 Å². The average Bonchev–Trinajstić information content (AvgIpc) is 3.36. The van der Waals surface area contributed by atoms with Gasteiger partial charge in [0.25, 0.3) is 5.91 Å². The predicted octanol–water partition coefficient (Wildman–Crippen LogP) is 4.52. The fourth-order valence-electron chi connectivity index (χ4n) is 3.65. The zero-order valence-corrected chi connectivity index (χ0v) is 18.5. The Hall–Kier alpha value is -3.97. The molecule has 1 N–H and O–H groups in total. The summed E-state index contributed by atoms with van der Waals surface area (Å²) >= 11 is 1.56. The quantitative estimate of drug-likeness (QED) is 0.464. The van der Waals surface area contributed by atoms with Crippen LogP contribution in [0.5, 0.6) is 5.75 Å². The maximum Gasteiger partial charge on any atom is 0.265 e. The van der Waals surface area contributed by atoms with Gasteiger partial charge >= 0.3 is 0 Å². The average molecular weight is 456 g/mol. The van der Waals surface area contributed by atoms with E-state index in [1.165, 1.54) is 4.90 Å². The molecule has 5 rings (SSSR count). The van der Waals surface area contributed by atoms with E-state index in [9.17, 15) is 9.59 Å². The number of carbonyl (C=O) groups is 2. The van der Waals surface area contributed by atoms with Crippen LogP contribution in [-0.4, -0.2) is 29.9 Å². The SMILES string of the molecule is O=C(CN1C(=O)COc2ccc(-c3csc(-c4ccccc4)n3)cc21)NCc1ccccc1. The summed E-state index contributed by atoms with van der Waals surface area (Å²) in [5, 5.41) is 5.80. The molecule has 0 spiro atoms. The van der Waals surface area contributed by atoms with Gasteiger partial charge in [-0.2, -0.15) is 0 Å². The van der Waals surface area contributed by atoms with E-state index in [2.05, 4.69) is 5.32 Å². The first-order valence-electron chi connectivity index (χ1n) is 10.6. The van der Waals surface area contributed by atoms with Crippen LogP contribution in [0.4, 0.5) is 5.69 Å². The van der Waals surface area contributed by atoms with Crippen LogP contribution in [0, 0.1) is 0 Å². The van der Waals surface area contributed by atoms with Crippen molar-refractivity contribution in [1.82, 2.24) is 10.3 Å². The highest BCUT2D eigenvalue weighted by Crippen LogP contribution is 2.37. The lowest BCUT2D eigenvalue weighted by atomic mass is 10.1. The lowest BCUT2D eigenvalue weighted by Gasteiger charge is -2.29. The van der Waals surface area contributed by atoms with Crippen LogP contribution in [0.3, 0.4) is 0 Å². The third kappa shape index (κ3) is 4.63. The molecule has 33 heavy (non-hydrogen) atoms. The van der Waals surface area contributed by atoms with Crippen molar-refractivity contribution in [3.8, 4) is 27.6 Å². The highest BCUT2D eigenvalue weighted by molar-refractivity contribution is 7.13. The Morgan fingerprint density at radius 2 is 1.76 bits per heavy atom. The molecule has 0 saturated heterocycles. The summed E-state index contributed by atoms with van der Waals surface area (Å²) < 4.78 is 5.60. The monoisotopic (exact) mass is 455 g/mol. The van der Waals surface area contributed by atoms with Crippen LogP contribution >= 0.6 is 11.3 Å². The second kappa shape index (κ2) is 9.26. The lowest BCUT2D eigenvalue weighted by molar-refractivity contribution is -0.125. The molecule has 7 heteroatoms. The Labute approximate surface area is 195 Å². The number of fused-ring (bicyclic) bond motifs is 1. The number of rotatable bonds is 6. The van der Waals surface area contributed by atoms with Gasteiger partial charge in [-0.05, 0) is 23.8 Å². The van der Waals surface area contributed by atoms with Gasteiger partial charge < -0.3 is 10.1 Å². The Balaban J connectivity index is 1.36. The van der Waals surface area contributed by atoms with E-state index < -0.39 is 0 Å². The normalized spacial score (nSPS) is 12.7. The molecule has 0 atom stereocenters. The Morgan fingerprint density at radius 3 is 2.55 bits per heavy atom. The first-order chi connectivity index (χ1) is 16.2. The summed E-state index contributed by atoms with van der Waals surface area (Å²) in [5.74, 6) is 0.0935. The number of ether oxygens (including phenoxy) is 1. The number of anilines is 1. The second-order valence-corrected chi connectivity index (χ2v) is 8.48. The topological polar surface area (TPSA) is 71.5 Å². The number of amides is 2. The molecule has 1 aliphatic heterocycles. The van der Waals surface area contributed by atoms with Crippen LogP contribution in [0.25, 0.3) is 21.8 Å².